The first-order valence-corrected chi connectivity index (χ1v) is 5.30. The maximum atomic E-state index is 11.0. The molecule has 0 saturated carbocycles. The van der Waals surface area contributed by atoms with Gasteiger partial charge in [-0.1, -0.05) is 0 Å². The van der Waals surface area contributed by atoms with Crippen molar-refractivity contribution < 1.29 is 14.7 Å². The molecule has 1 rings (SSSR count). The number of nitrogens with one attached hydrogen (secondary N) is 1. The van der Waals surface area contributed by atoms with E-state index >= 15 is 0 Å². The summed E-state index contributed by atoms with van der Waals surface area (Å²) < 4.78 is 0. The zero-order valence-electron chi connectivity index (χ0n) is 9.03. The molecule has 0 bridgehead atoms. The molecule has 1 aliphatic rings. The van der Waals surface area contributed by atoms with Crippen molar-refractivity contribution in [2.75, 3.05) is 20.1 Å². The molecule has 0 spiro atoms. The summed E-state index contributed by atoms with van der Waals surface area (Å²) in [5.74, 6) is -0.747. The maximum Gasteiger partial charge on any atom is 0.304 e. The minimum atomic E-state index is -0.758. The fourth-order valence-corrected chi connectivity index (χ4v) is 1.99. The molecule has 5 heteroatoms. The highest BCUT2D eigenvalue weighted by molar-refractivity contribution is 5.75. The lowest BCUT2D eigenvalue weighted by Gasteiger charge is -2.22. The zero-order chi connectivity index (χ0) is 11.3. The van der Waals surface area contributed by atoms with Gasteiger partial charge in [0.2, 0.25) is 5.91 Å². The number of aliphatic carboxylic acids is 1. The molecule has 0 aliphatic carbocycles. The Morgan fingerprint density at radius 3 is 2.87 bits per heavy atom. The van der Waals surface area contributed by atoms with Gasteiger partial charge in [0.15, 0.2) is 0 Å². The number of carboxylic acid groups (broad SMARTS) is 1. The van der Waals surface area contributed by atoms with E-state index < -0.39 is 5.97 Å². The Kier molecular flexibility index (Phi) is 4.55. The average molecular weight is 214 g/mol. The van der Waals surface area contributed by atoms with Crippen molar-refractivity contribution >= 4 is 11.9 Å². The first-order chi connectivity index (χ1) is 7.13. The SMILES string of the molecule is CNC(=O)CCN1CCCC1CC(=O)O. The molecule has 0 aromatic rings. The predicted octanol–water partition coefficient (Wildman–Crippen LogP) is 0.0616. The Balaban J connectivity index is 2.33. The van der Waals surface area contributed by atoms with Gasteiger partial charge in [-0.3, -0.25) is 14.5 Å². The number of hydrogen-bond donors (Lipinski definition) is 2. The van der Waals surface area contributed by atoms with Crippen LogP contribution in [0.25, 0.3) is 0 Å². The molecule has 15 heavy (non-hydrogen) atoms. The van der Waals surface area contributed by atoms with Crippen molar-refractivity contribution in [3.63, 3.8) is 0 Å². The highest BCUT2D eigenvalue weighted by Crippen LogP contribution is 2.19. The van der Waals surface area contributed by atoms with Crippen LogP contribution < -0.4 is 5.32 Å². The topological polar surface area (TPSA) is 69.6 Å². The Labute approximate surface area is 89.4 Å². The van der Waals surface area contributed by atoms with E-state index in [0.29, 0.717) is 13.0 Å². The quantitative estimate of drug-likeness (QED) is 0.679. The largest absolute Gasteiger partial charge is 0.481 e. The van der Waals surface area contributed by atoms with Crippen LogP contribution in [0.4, 0.5) is 0 Å². The molecule has 1 heterocycles. The number of rotatable bonds is 5. The van der Waals surface area contributed by atoms with Gasteiger partial charge >= 0.3 is 5.97 Å². The van der Waals surface area contributed by atoms with Crippen molar-refractivity contribution in [3.05, 3.63) is 0 Å². The fourth-order valence-electron chi connectivity index (χ4n) is 1.99. The highest BCUT2D eigenvalue weighted by atomic mass is 16.4. The van der Waals surface area contributed by atoms with Crippen LogP contribution in [0.5, 0.6) is 0 Å². The van der Waals surface area contributed by atoms with Gasteiger partial charge in [0.05, 0.1) is 6.42 Å². The van der Waals surface area contributed by atoms with E-state index in [-0.39, 0.29) is 18.4 Å². The normalized spacial score (nSPS) is 21.5. The number of amides is 1. The molecule has 1 saturated heterocycles. The highest BCUT2D eigenvalue weighted by Gasteiger charge is 2.26. The van der Waals surface area contributed by atoms with E-state index in [1.54, 1.807) is 7.05 Å². The van der Waals surface area contributed by atoms with Gasteiger partial charge in [0.1, 0.15) is 0 Å². The van der Waals surface area contributed by atoms with Gasteiger partial charge < -0.3 is 10.4 Å². The molecule has 0 aromatic carbocycles. The fraction of sp³-hybridized carbons (Fsp3) is 0.800. The van der Waals surface area contributed by atoms with Crippen LogP contribution in [0.3, 0.4) is 0 Å². The summed E-state index contributed by atoms with van der Waals surface area (Å²) in [5, 5.41) is 11.3. The van der Waals surface area contributed by atoms with E-state index in [1.165, 1.54) is 0 Å². The Morgan fingerprint density at radius 2 is 2.27 bits per heavy atom. The van der Waals surface area contributed by atoms with E-state index in [9.17, 15) is 9.59 Å². The summed E-state index contributed by atoms with van der Waals surface area (Å²) in [6, 6.07) is 0.118. The van der Waals surface area contributed by atoms with Crippen LogP contribution >= 0.6 is 0 Å². The van der Waals surface area contributed by atoms with E-state index in [4.69, 9.17) is 5.11 Å². The molecule has 0 aromatic heterocycles. The number of likely N-dealkylation sites (tertiary alicyclic amines) is 1. The maximum absolute atomic E-state index is 11.0. The Morgan fingerprint density at radius 1 is 1.53 bits per heavy atom. The van der Waals surface area contributed by atoms with Crippen molar-refractivity contribution in [3.8, 4) is 0 Å². The van der Waals surface area contributed by atoms with Gasteiger partial charge in [0, 0.05) is 26.1 Å². The van der Waals surface area contributed by atoms with Crippen LogP contribution in [0.1, 0.15) is 25.7 Å². The number of carbonyl (C=O) groups is 2. The summed E-state index contributed by atoms with van der Waals surface area (Å²) in [7, 11) is 1.61. The molecule has 1 atom stereocenters. The predicted molar refractivity (Wildman–Crippen MR) is 55.5 cm³/mol. The van der Waals surface area contributed by atoms with Crippen molar-refractivity contribution in [1.29, 1.82) is 0 Å². The third kappa shape index (κ3) is 3.87. The summed E-state index contributed by atoms with van der Waals surface area (Å²) in [6.45, 7) is 1.58. The molecule has 1 unspecified atom stereocenters. The molecule has 1 fully saturated rings. The monoisotopic (exact) mass is 214 g/mol. The van der Waals surface area contributed by atoms with E-state index in [2.05, 4.69) is 10.2 Å². The number of carbonyl (C=O) groups excluding carboxylic acids is 1. The molecule has 1 aliphatic heterocycles. The third-order valence-corrected chi connectivity index (χ3v) is 2.81. The molecular formula is C10H18N2O3. The average Bonchev–Trinajstić information content (AvgIpc) is 2.61. The Bertz CT molecular complexity index is 243. The van der Waals surface area contributed by atoms with Crippen molar-refractivity contribution in [2.45, 2.75) is 31.7 Å². The smallest absolute Gasteiger partial charge is 0.304 e. The lowest BCUT2D eigenvalue weighted by atomic mass is 10.1. The molecule has 0 radical (unpaired) electrons. The van der Waals surface area contributed by atoms with Gasteiger partial charge in [-0.15, -0.1) is 0 Å². The number of hydrogen-bond acceptors (Lipinski definition) is 3. The van der Waals surface area contributed by atoms with Crippen LogP contribution in [0.2, 0.25) is 0 Å². The van der Waals surface area contributed by atoms with E-state index in [1.807, 2.05) is 0 Å². The molecular weight excluding hydrogens is 196 g/mol. The molecule has 5 nitrogen and oxygen atoms in total. The first kappa shape index (κ1) is 12.0. The minimum Gasteiger partial charge on any atom is -0.481 e. The summed E-state index contributed by atoms with van der Waals surface area (Å²) in [4.78, 5) is 23.7. The second-order valence-electron chi connectivity index (χ2n) is 3.85. The molecule has 86 valence electrons. The van der Waals surface area contributed by atoms with Gasteiger partial charge in [-0.05, 0) is 19.4 Å². The zero-order valence-corrected chi connectivity index (χ0v) is 9.03. The number of carboxylic acids is 1. The first-order valence-electron chi connectivity index (χ1n) is 5.30. The lowest BCUT2D eigenvalue weighted by Crippen LogP contribution is -2.34. The third-order valence-electron chi connectivity index (χ3n) is 2.81. The second-order valence-corrected chi connectivity index (χ2v) is 3.85. The van der Waals surface area contributed by atoms with Gasteiger partial charge in [-0.2, -0.15) is 0 Å². The minimum absolute atomic E-state index is 0.0102. The lowest BCUT2D eigenvalue weighted by molar-refractivity contribution is -0.138. The number of nitrogens with zero attached hydrogens (tertiary/aromatic N) is 1. The van der Waals surface area contributed by atoms with Gasteiger partial charge in [-0.25, -0.2) is 0 Å². The van der Waals surface area contributed by atoms with E-state index in [0.717, 1.165) is 19.4 Å². The van der Waals surface area contributed by atoms with Crippen molar-refractivity contribution in [1.82, 2.24) is 10.2 Å². The van der Waals surface area contributed by atoms with Crippen LogP contribution in [-0.2, 0) is 9.59 Å². The van der Waals surface area contributed by atoms with Crippen LogP contribution in [0.15, 0.2) is 0 Å². The van der Waals surface area contributed by atoms with Crippen LogP contribution in [0, 0.1) is 0 Å². The molecule has 2 N–H and O–H groups in total. The van der Waals surface area contributed by atoms with Crippen LogP contribution in [-0.4, -0.2) is 48.1 Å². The summed E-state index contributed by atoms with van der Waals surface area (Å²) >= 11 is 0. The summed E-state index contributed by atoms with van der Waals surface area (Å²) in [5.41, 5.74) is 0. The van der Waals surface area contributed by atoms with Crippen molar-refractivity contribution in [2.24, 2.45) is 0 Å². The second kappa shape index (κ2) is 5.70. The standard InChI is InChI=1S/C10H18N2O3/c1-11-9(13)4-6-12-5-2-3-8(12)7-10(14)15/h8H,2-7H2,1H3,(H,11,13)(H,14,15). The Hall–Kier alpha value is -1.10. The van der Waals surface area contributed by atoms with Gasteiger partial charge in [0.25, 0.3) is 0 Å². The molecule has 1 amide bonds. The summed E-state index contributed by atoms with van der Waals surface area (Å²) in [6.07, 6.45) is 2.60.